The maximum Gasteiger partial charge on any atom is 0.310 e. The summed E-state index contributed by atoms with van der Waals surface area (Å²) >= 11 is 0. The number of rotatable bonds is 5. The van der Waals surface area contributed by atoms with E-state index in [1.807, 2.05) is 24.3 Å². The third-order valence-corrected chi connectivity index (χ3v) is 4.49. The Bertz CT molecular complexity index is 1010. The Balaban J connectivity index is 1.42. The molecule has 27 heavy (non-hydrogen) atoms. The fourth-order valence-corrected chi connectivity index (χ4v) is 3.15. The summed E-state index contributed by atoms with van der Waals surface area (Å²) in [5.41, 5.74) is 2.14. The molecule has 2 heterocycles. The van der Waals surface area contributed by atoms with Crippen LogP contribution in [0.2, 0.25) is 0 Å². The van der Waals surface area contributed by atoms with Crippen LogP contribution >= 0.6 is 0 Å². The topological polar surface area (TPSA) is 77.6 Å². The predicted octanol–water partition coefficient (Wildman–Crippen LogP) is 3.30. The van der Waals surface area contributed by atoms with Gasteiger partial charge in [-0.25, -0.2) is 0 Å². The molecule has 0 fully saturated rings. The molecule has 1 atom stereocenters. The molecule has 1 aliphatic heterocycles. The van der Waals surface area contributed by atoms with Crippen LogP contribution in [0, 0.1) is 0 Å². The first-order chi connectivity index (χ1) is 13.1. The second-order valence-corrected chi connectivity index (χ2v) is 6.40. The van der Waals surface area contributed by atoms with Gasteiger partial charge in [-0.05, 0) is 30.7 Å². The molecule has 6 nitrogen and oxygen atoms in total. The maximum atomic E-state index is 12.7. The van der Waals surface area contributed by atoms with Crippen molar-refractivity contribution in [3.05, 3.63) is 59.8 Å². The third kappa shape index (κ3) is 3.51. The number of H-pyrrole nitrogens is 1. The summed E-state index contributed by atoms with van der Waals surface area (Å²) in [7, 11) is 0. The quantitative estimate of drug-likeness (QED) is 0.554. The number of carbonyl (C=O) groups is 2. The molecule has 0 saturated carbocycles. The van der Waals surface area contributed by atoms with Gasteiger partial charge in [-0.1, -0.05) is 24.3 Å². The highest BCUT2D eigenvalue weighted by molar-refractivity contribution is 6.10. The van der Waals surface area contributed by atoms with Gasteiger partial charge in [0.2, 0.25) is 5.78 Å². The Labute approximate surface area is 156 Å². The first-order valence-corrected chi connectivity index (χ1v) is 8.80. The molecule has 0 amide bonds. The summed E-state index contributed by atoms with van der Waals surface area (Å²) in [6.07, 6.45) is 0.842. The molecule has 0 spiro atoms. The number of aromatic nitrogens is 1. The number of Topliss-reactive ketones (excluding diaryl/α,β-unsaturated/α-hetero) is 1. The van der Waals surface area contributed by atoms with Gasteiger partial charge in [0.1, 0.15) is 13.2 Å². The molecule has 1 aromatic heterocycles. The average Bonchev–Trinajstić information content (AvgIpc) is 3.11. The van der Waals surface area contributed by atoms with E-state index >= 15 is 0 Å². The molecule has 1 N–H and O–H groups in total. The van der Waals surface area contributed by atoms with E-state index in [4.69, 9.17) is 14.2 Å². The van der Waals surface area contributed by atoms with Crippen LogP contribution in [0.4, 0.5) is 0 Å². The van der Waals surface area contributed by atoms with Crippen molar-refractivity contribution < 1.29 is 23.8 Å². The zero-order valence-electron chi connectivity index (χ0n) is 14.9. The maximum absolute atomic E-state index is 12.7. The zero-order chi connectivity index (χ0) is 18.8. The second-order valence-electron chi connectivity index (χ2n) is 6.40. The van der Waals surface area contributed by atoms with Crippen molar-refractivity contribution in [3.63, 3.8) is 0 Å². The number of hydrogen-bond acceptors (Lipinski definition) is 5. The standard InChI is InChI=1S/C21H19NO5/c1-13(21(24)16-12-22-17-5-3-2-4-15(16)17)27-20(23)11-14-6-7-18-19(10-14)26-9-8-25-18/h2-7,10,12-13,22H,8-9,11H2,1H3/t13-/m0/s1. The number of aromatic amines is 1. The number of ether oxygens (including phenoxy) is 3. The Hall–Kier alpha value is -3.28. The molecule has 4 rings (SSSR count). The Morgan fingerprint density at radius 1 is 1.11 bits per heavy atom. The van der Waals surface area contributed by atoms with Gasteiger partial charge in [0.25, 0.3) is 0 Å². The highest BCUT2D eigenvalue weighted by atomic mass is 16.6. The van der Waals surface area contributed by atoms with Crippen molar-refractivity contribution in [3.8, 4) is 11.5 Å². The SMILES string of the molecule is C[C@H](OC(=O)Cc1ccc2c(c1)OCCO2)C(=O)c1c[nH]c2ccccc12. The summed E-state index contributed by atoms with van der Waals surface area (Å²) in [5, 5.41) is 0.817. The van der Waals surface area contributed by atoms with Crippen LogP contribution in [0.3, 0.4) is 0 Å². The number of esters is 1. The van der Waals surface area contributed by atoms with Crippen LogP contribution in [-0.4, -0.2) is 36.1 Å². The summed E-state index contributed by atoms with van der Waals surface area (Å²) < 4.78 is 16.3. The summed E-state index contributed by atoms with van der Waals surface area (Å²) in [6, 6.07) is 12.9. The molecule has 0 bridgehead atoms. The summed E-state index contributed by atoms with van der Waals surface area (Å²) in [5.74, 6) is 0.589. The van der Waals surface area contributed by atoms with E-state index in [9.17, 15) is 9.59 Å². The molecule has 2 aromatic carbocycles. The van der Waals surface area contributed by atoms with Crippen LogP contribution in [0.1, 0.15) is 22.8 Å². The molecule has 138 valence electrons. The lowest BCUT2D eigenvalue weighted by Crippen LogP contribution is -2.25. The molecule has 6 heteroatoms. The molecule has 0 saturated heterocycles. The van der Waals surface area contributed by atoms with E-state index < -0.39 is 12.1 Å². The lowest BCUT2D eigenvalue weighted by atomic mass is 10.1. The second kappa shape index (κ2) is 7.15. The van der Waals surface area contributed by atoms with E-state index in [1.165, 1.54) is 0 Å². The number of fused-ring (bicyclic) bond motifs is 2. The Morgan fingerprint density at radius 3 is 2.74 bits per heavy atom. The van der Waals surface area contributed by atoms with E-state index in [2.05, 4.69) is 4.98 Å². The van der Waals surface area contributed by atoms with Crippen LogP contribution in [0.15, 0.2) is 48.7 Å². The first kappa shape index (κ1) is 17.1. The molecule has 1 aliphatic rings. The number of nitrogens with one attached hydrogen (secondary N) is 1. The minimum atomic E-state index is -0.867. The van der Waals surface area contributed by atoms with Crippen molar-refractivity contribution in [1.82, 2.24) is 4.98 Å². The highest BCUT2D eigenvalue weighted by Crippen LogP contribution is 2.31. The molecule has 0 radical (unpaired) electrons. The molecule has 0 aliphatic carbocycles. The van der Waals surface area contributed by atoms with Crippen LogP contribution in [0.25, 0.3) is 10.9 Å². The number of ketones is 1. The van der Waals surface area contributed by atoms with E-state index in [0.717, 1.165) is 16.5 Å². The Morgan fingerprint density at radius 2 is 1.89 bits per heavy atom. The van der Waals surface area contributed by atoms with Gasteiger partial charge in [0, 0.05) is 22.7 Å². The average molecular weight is 365 g/mol. The van der Waals surface area contributed by atoms with Crippen molar-refractivity contribution >= 4 is 22.7 Å². The molecule has 3 aromatic rings. The number of benzene rings is 2. The monoisotopic (exact) mass is 365 g/mol. The Kier molecular flexibility index (Phi) is 4.54. The third-order valence-electron chi connectivity index (χ3n) is 4.49. The molecule has 0 unspecified atom stereocenters. The fraction of sp³-hybridized carbons (Fsp3) is 0.238. The zero-order valence-corrected chi connectivity index (χ0v) is 14.9. The van der Waals surface area contributed by atoms with Gasteiger partial charge in [-0.2, -0.15) is 0 Å². The highest BCUT2D eigenvalue weighted by Gasteiger charge is 2.22. The predicted molar refractivity (Wildman–Crippen MR) is 99.3 cm³/mol. The van der Waals surface area contributed by atoms with Crippen LogP contribution in [-0.2, 0) is 16.0 Å². The summed E-state index contributed by atoms with van der Waals surface area (Å²) in [6.45, 7) is 2.59. The van der Waals surface area contributed by atoms with E-state index in [-0.39, 0.29) is 12.2 Å². The van der Waals surface area contributed by atoms with Crippen LogP contribution in [0.5, 0.6) is 11.5 Å². The minimum absolute atomic E-state index is 0.0577. The fourth-order valence-electron chi connectivity index (χ4n) is 3.15. The largest absolute Gasteiger partial charge is 0.486 e. The van der Waals surface area contributed by atoms with Gasteiger partial charge < -0.3 is 19.2 Å². The van der Waals surface area contributed by atoms with Crippen molar-refractivity contribution in [2.24, 2.45) is 0 Å². The minimum Gasteiger partial charge on any atom is -0.486 e. The molecular formula is C21H19NO5. The first-order valence-electron chi connectivity index (χ1n) is 8.80. The van der Waals surface area contributed by atoms with E-state index in [1.54, 1.807) is 31.3 Å². The van der Waals surface area contributed by atoms with Crippen molar-refractivity contribution in [2.75, 3.05) is 13.2 Å². The van der Waals surface area contributed by atoms with Gasteiger partial charge >= 0.3 is 5.97 Å². The number of carbonyl (C=O) groups excluding carboxylic acids is 2. The van der Waals surface area contributed by atoms with Gasteiger partial charge in [-0.3, -0.25) is 9.59 Å². The molecular weight excluding hydrogens is 346 g/mol. The smallest absolute Gasteiger partial charge is 0.310 e. The number of para-hydroxylation sites is 1. The van der Waals surface area contributed by atoms with Crippen LogP contribution < -0.4 is 9.47 Å². The van der Waals surface area contributed by atoms with Gasteiger partial charge in [0.05, 0.1) is 6.42 Å². The van der Waals surface area contributed by atoms with E-state index in [0.29, 0.717) is 30.3 Å². The normalized spacial score (nSPS) is 14.0. The lowest BCUT2D eigenvalue weighted by molar-refractivity contribution is -0.145. The van der Waals surface area contributed by atoms with Crippen molar-refractivity contribution in [2.45, 2.75) is 19.4 Å². The summed E-state index contributed by atoms with van der Waals surface area (Å²) in [4.78, 5) is 28.0. The van der Waals surface area contributed by atoms with Crippen molar-refractivity contribution in [1.29, 1.82) is 0 Å². The van der Waals surface area contributed by atoms with Gasteiger partial charge in [-0.15, -0.1) is 0 Å². The lowest BCUT2D eigenvalue weighted by Gasteiger charge is -2.19. The number of hydrogen-bond donors (Lipinski definition) is 1. The van der Waals surface area contributed by atoms with Gasteiger partial charge in [0.15, 0.2) is 17.6 Å².